The van der Waals surface area contributed by atoms with Gasteiger partial charge in [-0.15, -0.1) is 0 Å². The van der Waals surface area contributed by atoms with Gasteiger partial charge in [-0.05, 0) is 43.9 Å². The number of halogens is 1. The molecular weight excluding hydrogens is 335 g/mol. The predicted molar refractivity (Wildman–Crippen MR) is 97.6 cm³/mol. The molecule has 3 aromatic rings. The zero-order valence-electron chi connectivity index (χ0n) is 14.5. The summed E-state index contributed by atoms with van der Waals surface area (Å²) in [6.07, 6.45) is 0. The van der Waals surface area contributed by atoms with Gasteiger partial charge >= 0.3 is 5.63 Å². The fraction of sp³-hybridized carbons (Fsp3) is 0.200. The fourth-order valence-electron chi connectivity index (χ4n) is 2.79. The molecule has 0 radical (unpaired) electrons. The molecule has 1 atom stereocenters. The van der Waals surface area contributed by atoms with Crippen LogP contribution in [0.5, 0.6) is 0 Å². The molecule has 0 unspecified atom stereocenters. The molecule has 26 heavy (non-hydrogen) atoms. The number of rotatable bonds is 5. The number of hydrogen-bond acceptors (Lipinski definition) is 4. The average Bonchev–Trinajstić information content (AvgIpc) is 2.62. The van der Waals surface area contributed by atoms with E-state index in [0.29, 0.717) is 11.0 Å². The van der Waals surface area contributed by atoms with Gasteiger partial charge in [-0.2, -0.15) is 0 Å². The van der Waals surface area contributed by atoms with Crippen LogP contribution in [0.15, 0.2) is 63.8 Å². The van der Waals surface area contributed by atoms with Gasteiger partial charge in [0.05, 0.1) is 6.04 Å². The Morgan fingerprint density at radius 1 is 1.15 bits per heavy atom. The molecule has 0 aliphatic rings. The van der Waals surface area contributed by atoms with E-state index in [2.05, 4.69) is 5.32 Å². The first-order valence-corrected chi connectivity index (χ1v) is 8.18. The van der Waals surface area contributed by atoms with Crippen LogP contribution in [0.25, 0.3) is 11.0 Å². The maximum absolute atomic E-state index is 13.1. The summed E-state index contributed by atoms with van der Waals surface area (Å²) < 4.78 is 18.3. The van der Waals surface area contributed by atoms with Crippen LogP contribution in [-0.2, 0) is 0 Å². The largest absolute Gasteiger partial charge is 0.422 e. The number of carbonyl (C=O) groups is 1. The summed E-state index contributed by atoms with van der Waals surface area (Å²) in [6, 6.07) is 14.5. The van der Waals surface area contributed by atoms with Crippen molar-refractivity contribution in [2.24, 2.45) is 0 Å². The Labute approximate surface area is 150 Å². The standard InChI is InChI=1S/C20H19FN2O3/c1-23(2)17(13-7-9-15(21)10-8-13)12-22-19(24)16-11-14-5-3-4-6-18(14)26-20(16)25/h3-11,17H,12H2,1-2H3,(H,22,24)/t17-/m1/s1. The second kappa shape index (κ2) is 7.49. The molecule has 5 nitrogen and oxygen atoms in total. The highest BCUT2D eigenvalue weighted by molar-refractivity contribution is 5.96. The molecule has 0 saturated heterocycles. The van der Waals surface area contributed by atoms with Crippen LogP contribution in [0.2, 0.25) is 0 Å². The molecule has 1 aromatic heterocycles. The number of nitrogens with one attached hydrogen (secondary N) is 1. The van der Waals surface area contributed by atoms with Crippen molar-refractivity contribution in [3.63, 3.8) is 0 Å². The number of benzene rings is 2. The van der Waals surface area contributed by atoms with Gasteiger partial charge in [0.15, 0.2) is 0 Å². The average molecular weight is 354 g/mol. The summed E-state index contributed by atoms with van der Waals surface area (Å²) in [6.45, 7) is 0.268. The molecule has 0 spiro atoms. The summed E-state index contributed by atoms with van der Waals surface area (Å²) in [4.78, 5) is 26.5. The van der Waals surface area contributed by atoms with Gasteiger partial charge in [-0.25, -0.2) is 9.18 Å². The molecule has 0 fully saturated rings. The van der Waals surface area contributed by atoms with Gasteiger partial charge in [0, 0.05) is 11.9 Å². The molecule has 134 valence electrons. The van der Waals surface area contributed by atoms with Gasteiger partial charge in [-0.3, -0.25) is 4.79 Å². The maximum Gasteiger partial charge on any atom is 0.349 e. The molecule has 6 heteroatoms. The van der Waals surface area contributed by atoms with E-state index in [9.17, 15) is 14.0 Å². The van der Waals surface area contributed by atoms with Crippen LogP contribution >= 0.6 is 0 Å². The Hall–Kier alpha value is -2.99. The lowest BCUT2D eigenvalue weighted by Crippen LogP contribution is -2.36. The van der Waals surface area contributed by atoms with Crippen molar-refractivity contribution in [1.82, 2.24) is 10.2 Å². The lowest BCUT2D eigenvalue weighted by molar-refractivity contribution is 0.0938. The molecule has 1 heterocycles. The maximum atomic E-state index is 13.1. The second-order valence-corrected chi connectivity index (χ2v) is 6.23. The molecular formula is C20H19FN2O3. The van der Waals surface area contributed by atoms with E-state index >= 15 is 0 Å². The molecule has 0 bridgehead atoms. The summed E-state index contributed by atoms with van der Waals surface area (Å²) in [5, 5.41) is 3.45. The number of carbonyl (C=O) groups excluding carboxylic acids is 1. The predicted octanol–water partition coefficient (Wildman–Crippen LogP) is 2.96. The molecule has 0 aliphatic carbocycles. The highest BCUT2D eigenvalue weighted by Crippen LogP contribution is 2.18. The molecule has 1 amide bonds. The highest BCUT2D eigenvalue weighted by atomic mass is 19.1. The van der Waals surface area contributed by atoms with Gasteiger partial charge in [0.1, 0.15) is 17.0 Å². The van der Waals surface area contributed by atoms with Gasteiger partial charge < -0.3 is 14.6 Å². The van der Waals surface area contributed by atoms with Gasteiger partial charge in [0.2, 0.25) is 0 Å². The number of hydrogen-bond donors (Lipinski definition) is 1. The Kier molecular flexibility index (Phi) is 5.14. The van der Waals surface area contributed by atoms with Crippen LogP contribution in [-0.4, -0.2) is 31.4 Å². The van der Waals surface area contributed by atoms with E-state index in [0.717, 1.165) is 5.56 Å². The first-order valence-electron chi connectivity index (χ1n) is 8.18. The Balaban J connectivity index is 1.79. The van der Waals surface area contributed by atoms with Crippen LogP contribution in [0, 0.1) is 5.82 Å². The molecule has 1 N–H and O–H groups in total. The van der Waals surface area contributed by atoms with Crippen molar-refractivity contribution < 1.29 is 13.6 Å². The minimum Gasteiger partial charge on any atom is -0.422 e. The quantitative estimate of drug-likeness (QED) is 0.716. The smallest absolute Gasteiger partial charge is 0.349 e. The van der Waals surface area contributed by atoms with Gasteiger partial charge in [0.25, 0.3) is 5.91 Å². The number of fused-ring (bicyclic) bond motifs is 1. The summed E-state index contributed by atoms with van der Waals surface area (Å²) in [5.74, 6) is -0.817. The van der Waals surface area contributed by atoms with Crippen molar-refractivity contribution in [2.75, 3.05) is 20.6 Å². The Morgan fingerprint density at radius 2 is 1.85 bits per heavy atom. The molecule has 0 saturated carbocycles. The normalized spacial score (nSPS) is 12.3. The first kappa shape index (κ1) is 17.8. The summed E-state index contributed by atoms with van der Waals surface area (Å²) in [5.41, 5.74) is 0.582. The SMILES string of the molecule is CN(C)[C@H](CNC(=O)c1cc2ccccc2oc1=O)c1ccc(F)cc1. The zero-order valence-corrected chi connectivity index (χ0v) is 14.5. The Morgan fingerprint density at radius 3 is 2.54 bits per heavy atom. The third kappa shape index (κ3) is 3.81. The van der Waals surface area contributed by atoms with E-state index in [1.807, 2.05) is 19.0 Å². The topological polar surface area (TPSA) is 62.6 Å². The third-order valence-electron chi connectivity index (χ3n) is 4.22. The summed E-state index contributed by atoms with van der Waals surface area (Å²) >= 11 is 0. The van der Waals surface area contributed by atoms with Crippen LogP contribution in [0.3, 0.4) is 0 Å². The van der Waals surface area contributed by atoms with Crippen molar-refractivity contribution in [1.29, 1.82) is 0 Å². The molecule has 2 aromatic carbocycles. The number of nitrogens with zero attached hydrogens (tertiary/aromatic N) is 1. The van der Waals surface area contributed by atoms with Crippen LogP contribution in [0.1, 0.15) is 22.0 Å². The fourth-order valence-corrected chi connectivity index (χ4v) is 2.79. The van der Waals surface area contributed by atoms with Crippen molar-refractivity contribution >= 4 is 16.9 Å². The van der Waals surface area contributed by atoms with E-state index in [-0.39, 0.29) is 24.0 Å². The van der Waals surface area contributed by atoms with Crippen molar-refractivity contribution in [3.8, 4) is 0 Å². The molecule has 0 aliphatic heterocycles. The number of para-hydroxylation sites is 1. The van der Waals surface area contributed by atoms with Crippen molar-refractivity contribution in [3.05, 3.63) is 82.0 Å². The highest BCUT2D eigenvalue weighted by Gasteiger charge is 2.18. The van der Waals surface area contributed by atoms with E-state index in [1.54, 1.807) is 36.4 Å². The first-order chi connectivity index (χ1) is 12.5. The van der Waals surface area contributed by atoms with Crippen LogP contribution in [0.4, 0.5) is 4.39 Å². The second-order valence-electron chi connectivity index (χ2n) is 6.23. The lowest BCUT2D eigenvalue weighted by atomic mass is 10.1. The van der Waals surface area contributed by atoms with Crippen LogP contribution < -0.4 is 10.9 Å². The number of likely N-dealkylation sites (N-methyl/N-ethyl adjacent to an activating group) is 1. The monoisotopic (exact) mass is 354 g/mol. The minimum atomic E-state index is -0.676. The number of amides is 1. The minimum absolute atomic E-state index is 0.0414. The third-order valence-corrected chi connectivity index (χ3v) is 4.22. The van der Waals surface area contributed by atoms with E-state index in [4.69, 9.17) is 4.42 Å². The van der Waals surface area contributed by atoms with E-state index in [1.165, 1.54) is 18.2 Å². The zero-order chi connectivity index (χ0) is 18.7. The lowest BCUT2D eigenvalue weighted by Gasteiger charge is -2.25. The van der Waals surface area contributed by atoms with E-state index < -0.39 is 11.5 Å². The molecule has 3 rings (SSSR count). The van der Waals surface area contributed by atoms with Crippen molar-refractivity contribution in [2.45, 2.75) is 6.04 Å². The summed E-state index contributed by atoms with van der Waals surface area (Å²) in [7, 11) is 3.73. The van der Waals surface area contributed by atoms with Gasteiger partial charge in [-0.1, -0.05) is 30.3 Å². The Bertz CT molecular complexity index is 980.